The van der Waals surface area contributed by atoms with E-state index in [1.807, 2.05) is 24.3 Å². The largest absolute Gasteiger partial charge is 0.496 e. The molecule has 0 bridgehead atoms. The van der Waals surface area contributed by atoms with Crippen molar-refractivity contribution in [3.05, 3.63) is 75.3 Å². The highest BCUT2D eigenvalue weighted by atomic mass is 16.5. The van der Waals surface area contributed by atoms with Crippen LogP contribution >= 0.6 is 0 Å². The fourth-order valence-electron chi connectivity index (χ4n) is 3.88. The summed E-state index contributed by atoms with van der Waals surface area (Å²) in [5.41, 5.74) is 2.16. The zero-order valence-electron chi connectivity index (χ0n) is 17.8. The van der Waals surface area contributed by atoms with Gasteiger partial charge in [0.1, 0.15) is 5.75 Å². The van der Waals surface area contributed by atoms with Crippen molar-refractivity contribution in [3.63, 3.8) is 0 Å². The Labute approximate surface area is 181 Å². The van der Waals surface area contributed by atoms with Crippen LogP contribution in [-0.2, 0) is 20.6 Å². The number of fused-ring (bicyclic) bond motifs is 2. The number of hydrogen-bond acceptors (Lipinski definition) is 6. The molecule has 0 aliphatic carbocycles. The summed E-state index contributed by atoms with van der Waals surface area (Å²) in [6.07, 6.45) is 3.31. The Kier molecular flexibility index (Phi) is 4.54. The Bertz CT molecular complexity index is 1570. The van der Waals surface area contributed by atoms with Gasteiger partial charge in [-0.2, -0.15) is 4.98 Å². The number of H-pyrrole nitrogens is 1. The van der Waals surface area contributed by atoms with Gasteiger partial charge < -0.3 is 19.6 Å². The van der Waals surface area contributed by atoms with E-state index in [2.05, 4.69) is 20.3 Å². The average molecular weight is 431 g/mol. The molecular formula is C22H21N7O3. The summed E-state index contributed by atoms with van der Waals surface area (Å²) < 4.78 is 9.65. The van der Waals surface area contributed by atoms with E-state index in [1.54, 1.807) is 50.3 Å². The van der Waals surface area contributed by atoms with Crippen LogP contribution in [0.3, 0.4) is 0 Å². The molecule has 5 rings (SSSR count). The molecule has 1 aromatic carbocycles. The lowest BCUT2D eigenvalue weighted by molar-refractivity contribution is 0.420. The van der Waals surface area contributed by atoms with Gasteiger partial charge in [-0.3, -0.25) is 18.9 Å². The molecule has 32 heavy (non-hydrogen) atoms. The first kappa shape index (κ1) is 19.6. The Morgan fingerprint density at radius 2 is 1.88 bits per heavy atom. The molecule has 0 unspecified atom stereocenters. The van der Waals surface area contributed by atoms with E-state index in [0.29, 0.717) is 17.1 Å². The van der Waals surface area contributed by atoms with Crippen molar-refractivity contribution in [1.29, 1.82) is 0 Å². The molecule has 0 aliphatic heterocycles. The molecule has 4 aromatic heterocycles. The first-order valence-electron chi connectivity index (χ1n) is 9.96. The SMILES string of the molecule is COc1cccc2[nH]c(Cn3c(=O)c4c(nc(Nc5ccncc5)n4C)n(C)c3=O)cc12. The maximum absolute atomic E-state index is 13.3. The van der Waals surface area contributed by atoms with Crippen molar-refractivity contribution < 1.29 is 4.74 Å². The van der Waals surface area contributed by atoms with Gasteiger partial charge in [0, 0.05) is 48.8 Å². The van der Waals surface area contributed by atoms with Crippen LogP contribution in [0, 0.1) is 0 Å². The number of methoxy groups -OCH3 is 1. The molecule has 10 nitrogen and oxygen atoms in total. The smallest absolute Gasteiger partial charge is 0.332 e. The highest BCUT2D eigenvalue weighted by Crippen LogP contribution is 2.26. The Morgan fingerprint density at radius 1 is 1.09 bits per heavy atom. The van der Waals surface area contributed by atoms with Crippen molar-refractivity contribution in [1.82, 2.24) is 28.7 Å². The van der Waals surface area contributed by atoms with Gasteiger partial charge in [0.2, 0.25) is 5.95 Å². The summed E-state index contributed by atoms with van der Waals surface area (Å²) >= 11 is 0. The normalized spacial score (nSPS) is 11.3. The first-order chi connectivity index (χ1) is 15.5. The summed E-state index contributed by atoms with van der Waals surface area (Å²) in [5.74, 6) is 1.17. The molecule has 162 valence electrons. The van der Waals surface area contributed by atoms with Crippen molar-refractivity contribution >= 4 is 33.7 Å². The van der Waals surface area contributed by atoms with Crippen LogP contribution in [0.25, 0.3) is 22.1 Å². The van der Waals surface area contributed by atoms with E-state index in [4.69, 9.17) is 4.74 Å². The van der Waals surface area contributed by atoms with Gasteiger partial charge in [0.05, 0.1) is 13.7 Å². The lowest BCUT2D eigenvalue weighted by Crippen LogP contribution is -2.39. The van der Waals surface area contributed by atoms with E-state index >= 15 is 0 Å². The summed E-state index contributed by atoms with van der Waals surface area (Å²) in [4.78, 5) is 38.1. The topological polar surface area (TPSA) is 112 Å². The molecule has 0 amide bonds. The van der Waals surface area contributed by atoms with E-state index in [9.17, 15) is 9.59 Å². The van der Waals surface area contributed by atoms with Gasteiger partial charge >= 0.3 is 5.69 Å². The number of aryl methyl sites for hydroxylation is 2. The van der Waals surface area contributed by atoms with Crippen molar-refractivity contribution in [2.24, 2.45) is 14.1 Å². The fraction of sp³-hybridized carbons (Fsp3) is 0.182. The molecule has 2 N–H and O–H groups in total. The number of anilines is 2. The van der Waals surface area contributed by atoms with Gasteiger partial charge in [-0.1, -0.05) is 6.07 Å². The number of imidazole rings is 1. The van der Waals surface area contributed by atoms with Crippen LogP contribution in [0.15, 0.2) is 58.4 Å². The third kappa shape index (κ3) is 3.04. The highest BCUT2D eigenvalue weighted by molar-refractivity contribution is 5.86. The first-order valence-corrected chi connectivity index (χ1v) is 9.96. The van der Waals surface area contributed by atoms with Crippen molar-refractivity contribution in [3.8, 4) is 5.75 Å². The van der Waals surface area contributed by atoms with Gasteiger partial charge in [0.25, 0.3) is 5.56 Å². The summed E-state index contributed by atoms with van der Waals surface area (Å²) in [6, 6.07) is 11.1. The zero-order valence-corrected chi connectivity index (χ0v) is 17.8. The second-order valence-corrected chi connectivity index (χ2v) is 7.48. The van der Waals surface area contributed by atoms with Gasteiger partial charge in [-0.15, -0.1) is 0 Å². The number of nitrogens with zero attached hydrogens (tertiary/aromatic N) is 5. The van der Waals surface area contributed by atoms with Gasteiger partial charge in [-0.25, -0.2) is 4.79 Å². The number of benzene rings is 1. The van der Waals surface area contributed by atoms with Crippen LogP contribution in [0.2, 0.25) is 0 Å². The summed E-state index contributed by atoms with van der Waals surface area (Å²) in [6.45, 7) is 0.0948. The average Bonchev–Trinajstić information content (AvgIpc) is 3.36. The molecule has 0 radical (unpaired) electrons. The lowest BCUT2D eigenvalue weighted by Gasteiger charge is -2.08. The second kappa shape index (κ2) is 7.41. The van der Waals surface area contributed by atoms with Crippen LogP contribution in [-0.4, -0.2) is 35.8 Å². The molecule has 0 saturated carbocycles. The standard InChI is InChI=1S/C22H21N7O3/c1-27-18-19(26-21(27)25-13-7-9-23-10-8-13)28(2)22(31)29(20(18)30)12-14-11-15-16(24-14)5-4-6-17(15)32-3/h4-11,24H,12H2,1-3H3,(H,23,25,26). The molecule has 0 aliphatic rings. The van der Waals surface area contributed by atoms with Crippen LogP contribution < -0.4 is 21.3 Å². The van der Waals surface area contributed by atoms with Gasteiger partial charge in [-0.05, 0) is 30.3 Å². The fourth-order valence-corrected chi connectivity index (χ4v) is 3.88. The molecule has 0 atom stereocenters. The second-order valence-electron chi connectivity index (χ2n) is 7.48. The molecule has 5 aromatic rings. The maximum Gasteiger partial charge on any atom is 0.332 e. The van der Waals surface area contributed by atoms with E-state index in [1.165, 1.54) is 9.13 Å². The summed E-state index contributed by atoms with van der Waals surface area (Å²) in [5, 5.41) is 4.05. The predicted octanol–water partition coefficient (Wildman–Crippen LogP) is 2.11. The van der Waals surface area contributed by atoms with Gasteiger partial charge in [0.15, 0.2) is 11.2 Å². The summed E-state index contributed by atoms with van der Waals surface area (Å²) in [7, 11) is 4.95. The minimum atomic E-state index is -0.443. The number of pyridine rings is 1. The molecular weight excluding hydrogens is 410 g/mol. The number of aromatic amines is 1. The van der Waals surface area contributed by atoms with Crippen LogP contribution in [0.5, 0.6) is 5.75 Å². The van der Waals surface area contributed by atoms with Crippen LogP contribution in [0.1, 0.15) is 5.69 Å². The Morgan fingerprint density at radius 3 is 2.62 bits per heavy atom. The third-order valence-electron chi connectivity index (χ3n) is 5.52. The van der Waals surface area contributed by atoms with Crippen molar-refractivity contribution in [2.75, 3.05) is 12.4 Å². The number of nitrogens with one attached hydrogen (secondary N) is 2. The maximum atomic E-state index is 13.3. The molecule has 0 fully saturated rings. The quantitative estimate of drug-likeness (QED) is 0.441. The third-order valence-corrected chi connectivity index (χ3v) is 5.52. The molecule has 0 spiro atoms. The van der Waals surface area contributed by atoms with E-state index in [0.717, 1.165) is 28.0 Å². The lowest BCUT2D eigenvalue weighted by atomic mass is 10.2. The number of ether oxygens (including phenoxy) is 1. The Balaban J connectivity index is 1.62. The predicted molar refractivity (Wildman–Crippen MR) is 122 cm³/mol. The minimum absolute atomic E-state index is 0.0948. The molecule has 0 saturated heterocycles. The number of hydrogen-bond donors (Lipinski definition) is 2. The number of aromatic nitrogens is 6. The van der Waals surface area contributed by atoms with Crippen molar-refractivity contribution in [2.45, 2.75) is 6.54 Å². The molecule has 10 heteroatoms. The van der Waals surface area contributed by atoms with E-state index < -0.39 is 11.2 Å². The molecule has 4 heterocycles. The minimum Gasteiger partial charge on any atom is -0.496 e. The zero-order chi connectivity index (χ0) is 22.4. The monoisotopic (exact) mass is 431 g/mol. The number of rotatable bonds is 5. The highest BCUT2D eigenvalue weighted by Gasteiger charge is 2.19. The van der Waals surface area contributed by atoms with E-state index in [-0.39, 0.29) is 6.54 Å². The van der Waals surface area contributed by atoms with Crippen LogP contribution in [0.4, 0.5) is 11.6 Å². The Hall–Kier alpha value is -4.34.